The summed E-state index contributed by atoms with van der Waals surface area (Å²) in [5.74, 6) is 0.791. The number of amides is 1. The summed E-state index contributed by atoms with van der Waals surface area (Å²) in [6, 6.07) is 5.33. The zero-order valence-corrected chi connectivity index (χ0v) is 14.2. The molecule has 5 heteroatoms. The smallest absolute Gasteiger partial charge is 0.254 e. The molecule has 0 saturated carbocycles. The van der Waals surface area contributed by atoms with Gasteiger partial charge >= 0.3 is 0 Å². The molecule has 110 valence electrons. The summed E-state index contributed by atoms with van der Waals surface area (Å²) >= 11 is 9.34. The Bertz CT molecular complexity index is 485. The van der Waals surface area contributed by atoms with Crippen molar-refractivity contribution in [3.8, 4) is 0 Å². The first-order chi connectivity index (χ1) is 9.47. The van der Waals surface area contributed by atoms with Gasteiger partial charge < -0.3 is 9.80 Å². The van der Waals surface area contributed by atoms with Crippen LogP contribution in [0.15, 0.2) is 22.7 Å². The van der Waals surface area contributed by atoms with E-state index in [0.29, 0.717) is 16.5 Å². The lowest BCUT2D eigenvalue weighted by Crippen LogP contribution is -2.40. The maximum atomic E-state index is 12.5. The van der Waals surface area contributed by atoms with Gasteiger partial charge in [0.25, 0.3) is 5.91 Å². The minimum Gasteiger partial charge on any atom is -0.339 e. The summed E-state index contributed by atoms with van der Waals surface area (Å²) in [5, 5.41) is 0.637. The largest absolute Gasteiger partial charge is 0.339 e. The van der Waals surface area contributed by atoms with Gasteiger partial charge in [0.05, 0.1) is 5.56 Å². The van der Waals surface area contributed by atoms with Gasteiger partial charge in [-0.1, -0.05) is 11.6 Å². The Morgan fingerprint density at radius 1 is 1.40 bits per heavy atom. The van der Waals surface area contributed by atoms with E-state index in [4.69, 9.17) is 11.6 Å². The van der Waals surface area contributed by atoms with Gasteiger partial charge in [-0.3, -0.25) is 4.79 Å². The summed E-state index contributed by atoms with van der Waals surface area (Å²) in [4.78, 5) is 16.7. The Labute approximate surface area is 134 Å². The molecular formula is C15H20BrClN2O. The maximum Gasteiger partial charge on any atom is 0.254 e. The van der Waals surface area contributed by atoms with Crippen molar-refractivity contribution in [3.63, 3.8) is 0 Å². The molecular weight excluding hydrogens is 340 g/mol. The summed E-state index contributed by atoms with van der Waals surface area (Å²) in [7, 11) is 4.20. The second-order valence-corrected chi connectivity index (χ2v) is 6.91. The lowest BCUT2D eigenvalue weighted by atomic mass is 9.96. The van der Waals surface area contributed by atoms with Crippen LogP contribution in [-0.2, 0) is 0 Å². The van der Waals surface area contributed by atoms with Crippen LogP contribution in [0.3, 0.4) is 0 Å². The van der Waals surface area contributed by atoms with Gasteiger partial charge in [0.2, 0.25) is 0 Å². The van der Waals surface area contributed by atoms with Crippen LogP contribution in [0.1, 0.15) is 23.2 Å². The Morgan fingerprint density at radius 2 is 2.05 bits per heavy atom. The molecule has 3 nitrogen and oxygen atoms in total. The average molecular weight is 360 g/mol. The molecule has 0 aliphatic carbocycles. The zero-order valence-electron chi connectivity index (χ0n) is 11.9. The Balaban J connectivity index is 1.98. The third-order valence-corrected chi connectivity index (χ3v) is 4.58. The van der Waals surface area contributed by atoms with Crippen LogP contribution in [0.25, 0.3) is 0 Å². The fourth-order valence-electron chi connectivity index (χ4n) is 2.67. The lowest BCUT2D eigenvalue weighted by molar-refractivity contribution is 0.0677. The number of nitrogens with zero attached hydrogens (tertiary/aromatic N) is 2. The number of hydrogen-bond acceptors (Lipinski definition) is 2. The summed E-state index contributed by atoms with van der Waals surface area (Å²) in [6.45, 7) is 2.78. The number of carbonyl (C=O) groups is 1. The minimum absolute atomic E-state index is 0.0943. The van der Waals surface area contributed by atoms with E-state index in [0.717, 1.165) is 36.9 Å². The van der Waals surface area contributed by atoms with Crippen molar-refractivity contribution in [2.45, 2.75) is 12.8 Å². The number of rotatable bonds is 3. The molecule has 0 bridgehead atoms. The van der Waals surface area contributed by atoms with E-state index in [1.165, 1.54) is 0 Å². The average Bonchev–Trinajstić information content (AvgIpc) is 2.38. The quantitative estimate of drug-likeness (QED) is 0.824. The van der Waals surface area contributed by atoms with E-state index in [-0.39, 0.29) is 5.91 Å². The van der Waals surface area contributed by atoms with Gasteiger partial charge in [-0.15, -0.1) is 0 Å². The number of benzene rings is 1. The van der Waals surface area contributed by atoms with E-state index < -0.39 is 0 Å². The minimum atomic E-state index is 0.0943. The first-order valence-corrected chi connectivity index (χ1v) is 8.03. The number of hydrogen-bond donors (Lipinski definition) is 0. The van der Waals surface area contributed by atoms with Crippen LogP contribution in [0.4, 0.5) is 0 Å². The third-order valence-electron chi connectivity index (χ3n) is 3.69. The van der Waals surface area contributed by atoms with Gasteiger partial charge in [-0.2, -0.15) is 0 Å². The molecule has 0 spiro atoms. The lowest BCUT2D eigenvalue weighted by Gasteiger charge is -2.33. The SMILES string of the molecule is CN(C)CC1CCN(C(=O)c2ccc(Cl)cc2Br)CC1. The molecule has 0 unspecified atom stereocenters. The maximum absolute atomic E-state index is 12.5. The molecule has 1 amide bonds. The van der Waals surface area contributed by atoms with Crippen molar-refractivity contribution in [2.24, 2.45) is 5.92 Å². The van der Waals surface area contributed by atoms with Crippen molar-refractivity contribution in [1.82, 2.24) is 9.80 Å². The summed E-state index contributed by atoms with van der Waals surface area (Å²) in [5.41, 5.74) is 0.695. The van der Waals surface area contributed by atoms with E-state index in [1.807, 2.05) is 4.90 Å². The molecule has 1 aliphatic rings. The summed E-state index contributed by atoms with van der Waals surface area (Å²) < 4.78 is 0.769. The first-order valence-electron chi connectivity index (χ1n) is 6.86. The highest BCUT2D eigenvalue weighted by Gasteiger charge is 2.24. The van der Waals surface area contributed by atoms with Crippen LogP contribution in [0.2, 0.25) is 5.02 Å². The second-order valence-electron chi connectivity index (χ2n) is 5.62. The number of halogens is 2. The summed E-state index contributed by atoms with van der Waals surface area (Å²) in [6.07, 6.45) is 2.16. The van der Waals surface area contributed by atoms with E-state index >= 15 is 0 Å². The Morgan fingerprint density at radius 3 is 2.60 bits per heavy atom. The Kier molecular flexibility index (Phi) is 5.47. The molecule has 1 fully saturated rings. The van der Waals surface area contributed by atoms with Gasteiger partial charge in [0, 0.05) is 29.1 Å². The van der Waals surface area contributed by atoms with Crippen LogP contribution in [-0.4, -0.2) is 49.4 Å². The van der Waals surface area contributed by atoms with Crippen LogP contribution >= 0.6 is 27.5 Å². The highest BCUT2D eigenvalue weighted by molar-refractivity contribution is 9.10. The fraction of sp³-hybridized carbons (Fsp3) is 0.533. The first kappa shape index (κ1) is 15.8. The predicted octanol–water partition coefficient (Wildman–Crippen LogP) is 3.52. The molecule has 0 N–H and O–H groups in total. The third kappa shape index (κ3) is 3.96. The van der Waals surface area contributed by atoms with Gasteiger partial charge in [-0.25, -0.2) is 0 Å². The predicted molar refractivity (Wildman–Crippen MR) is 86.3 cm³/mol. The molecule has 1 heterocycles. The normalized spacial score (nSPS) is 16.8. The van der Waals surface area contributed by atoms with Gasteiger partial charge in [0.1, 0.15) is 0 Å². The van der Waals surface area contributed by atoms with E-state index in [1.54, 1.807) is 18.2 Å². The van der Waals surface area contributed by atoms with Crippen molar-refractivity contribution in [1.29, 1.82) is 0 Å². The molecule has 1 aromatic rings. The molecule has 1 aromatic carbocycles. The van der Waals surface area contributed by atoms with Crippen molar-refractivity contribution >= 4 is 33.4 Å². The molecule has 0 radical (unpaired) electrons. The zero-order chi connectivity index (χ0) is 14.7. The monoisotopic (exact) mass is 358 g/mol. The molecule has 20 heavy (non-hydrogen) atoms. The van der Waals surface area contributed by atoms with Gasteiger partial charge in [-0.05, 0) is 67.0 Å². The van der Waals surface area contributed by atoms with Crippen molar-refractivity contribution in [2.75, 3.05) is 33.7 Å². The van der Waals surface area contributed by atoms with E-state index in [2.05, 4.69) is 34.9 Å². The van der Waals surface area contributed by atoms with Crippen LogP contribution in [0, 0.1) is 5.92 Å². The highest BCUT2D eigenvalue weighted by atomic mass is 79.9. The molecule has 0 aromatic heterocycles. The molecule has 1 saturated heterocycles. The van der Waals surface area contributed by atoms with E-state index in [9.17, 15) is 4.79 Å². The van der Waals surface area contributed by atoms with Crippen LogP contribution < -0.4 is 0 Å². The number of piperidine rings is 1. The Hall–Kier alpha value is -0.580. The number of likely N-dealkylation sites (tertiary alicyclic amines) is 1. The standard InChI is InChI=1S/C15H20BrClN2O/c1-18(2)10-11-5-7-19(8-6-11)15(20)13-4-3-12(17)9-14(13)16/h3-4,9,11H,5-8,10H2,1-2H3. The topological polar surface area (TPSA) is 23.6 Å². The van der Waals surface area contributed by atoms with Gasteiger partial charge in [0.15, 0.2) is 0 Å². The molecule has 1 aliphatic heterocycles. The second kappa shape index (κ2) is 6.92. The molecule has 2 rings (SSSR count). The van der Waals surface area contributed by atoms with Crippen molar-refractivity contribution in [3.05, 3.63) is 33.3 Å². The number of carbonyl (C=O) groups excluding carboxylic acids is 1. The molecule has 0 atom stereocenters. The fourth-order valence-corrected chi connectivity index (χ4v) is 3.52. The van der Waals surface area contributed by atoms with Crippen molar-refractivity contribution < 1.29 is 4.79 Å². The van der Waals surface area contributed by atoms with Crippen LogP contribution in [0.5, 0.6) is 0 Å². The highest BCUT2D eigenvalue weighted by Crippen LogP contribution is 2.25.